The number of hydrazone groups is 1. The molecule has 0 saturated carbocycles. The smallest absolute Gasteiger partial charge is 0.344 e. The zero-order chi connectivity index (χ0) is 24.3. The zero-order valence-electron chi connectivity index (χ0n) is 18.8. The van der Waals surface area contributed by atoms with Gasteiger partial charge in [0.2, 0.25) is 5.60 Å². The van der Waals surface area contributed by atoms with E-state index in [9.17, 15) is 9.59 Å². The van der Waals surface area contributed by atoms with Gasteiger partial charge in [0.25, 0.3) is 5.91 Å². The maximum Gasteiger partial charge on any atom is 0.344 e. The molecule has 0 saturated heterocycles. The average molecular weight is 531 g/mol. The number of benzene rings is 3. The Morgan fingerprint density at radius 3 is 2.49 bits per heavy atom. The predicted molar refractivity (Wildman–Crippen MR) is 135 cm³/mol. The fraction of sp³-hybridized carbons (Fsp3) is 0.148. The van der Waals surface area contributed by atoms with Gasteiger partial charge >= 0.3 is 5.63 Å². The van der Waals surface area contributed by atoms with Gasteiger partial charge in [-0.05, 0) is 48.9 Å². The number of fused-ring (bicyclic) bond motifs is 3. The van der Waals surface area contributed by atoms with Gasteiger partial charge in [-0.1, -0.05) is 46.3 Å². The Morgan fingerprint density at radius 2 is 1.77 bits per heavy atom. The van der Waals surface area contributed by atoms with Crippen molar-refractivity contribution in [2.75, 3.05) is 12.1 Å². The van der Waals surface area contributed by atoms with E-state index < -0.39 is 17.1 Å². The van der Waals surface area contributed by atoms with Crippen molar-refractivity contribution in [2.24, 2.45) is 5.10 Å². The number of para-hydroxylation sites is 1. The summed E-state index contributed by atoms with van der Waals surface area (Å²) in [7, 11) is 1.54. The van der Waals surface area contributed by atoms with Gasteiger partial charge in [-0.2, -0.15) is 10.1 Å². The topological polar surface area (TPSA) is 81.3 Å². The molecule has 2 atom stereocenters. The minimum atomic E-state index is -1.53. The highest BCUT2D eigenvalue weighted by atomic mass is 79.9. The van der Waals surface area contributed by atoms with Crippen molar-refractivity contribution >= 4 is 44.2 Å². The number of ether oxygens (including phenoxy) is 2. The first kappa shape index (κ1) is 21.6. The van der Waals surface area contributed by atoms with Gasteiger partial charge in [0.1, 0.15) is 17.1 Å². The van der Waals surface area contributed by atoms with Crippen molar-refractivity contribution in [3.63, 3.8) is 0 Å². The lowest BCUT2D eigenvalue weighted by Gasteiger charge is -2.29. The molecule has 0 unspecified atom stereocenters. The maximum atomic E-state index is 14.1. The largest absolute Gasteiger partial charge is 0.497 e. The van der Waals surface area contributed by atoms with Gasteiger partial charge in [0, 0.05) is 10.5 Å². The van der Waals surface area contributed by atoms with Gasteiger partial charge in [-0.3, -0.25) is 4.79 Å². The molecule has 1 amide bonds. The van der Waals surface area contributed by atoms with Gasteiger partial charge in [-0.15, -0.1) is 0 Å². The molecule has 3 heterocycles. The van der Waals surface area contributed by atoms with E-state index in [0.29, 0.717) is 39.4 Å². The fourth-order valence-corrected chi connectivity index (χ4v) is 5.17. The molecule has 2 aliphatic heterocycles. The summed E-state index contributed by atoms with van der Waals surface area (Å²) >= 11 is 3.46. The predicted octanol–water partition coefficient (Wildman–Crippen LogP) is 5.25. The monoisotopic (exact) mass is 530 g/mol. The summed E-state index contributed by atoms with van der Waals surface area (Å²) < 4.78 is 18.4. The quantitative estimate of drug-likeness (QED) is 0.338. The molecule has 0 radical (unpaired) electrons. The highest BCUT2D eigenvalue weighted by Crippen LogP contribution is 2.53. The lowest BCUT2D eigenvalue weighted by atomic mass is 9.77. The molecule has 35 heavy (non-hydrogen) atoms. The van der Waals surface area contributed by atoms with Crippen LogP contribution in [-0.4, -0.2) is 24.3 Å². The first-order valence-corrected chi connectivity index (χ1v) is 11.8. The molecule has 6 rings (SSSR count). The summed E-state index contributed by atoms with van der Waals surface area (Å²) in [5.74, 6) is -0.253. The van der Waals surface area contributed by atoms with E-state index in [1.165, 1.54) is 12.1 Å². The van der Waals surface area contributed by atoms with Crippen LogP contribution in [0.5, 0.6) is 11.5 Å². The second kappa shape index (κ2) is 7.81. The Balaban J connectivity index is 1.62. The fourth-order valence-electron chi connectivity index (χ4n) is 4.91. The minimum absolute atomic E-state index is 0.294. The van der Waals surface area contributed by atoms with Gasteiger partial charge in [0.05, 0.1) is 35.4 Å². The van der Waals surface area contributed by atoms with E-state index >= 15 is 0 Å². The molecule has 174 valence electrons. The van der Waals surface area contributed by atoms with Gasteiger partial charge in [0.15, 0.2) is 0 Å². The van der Waals surface area contributed by atoms with E-state index in [1.54, 1.807) is 37.3 Å². The SMILES string of the molecule is COc1ccc2c3c(c(=O)oc2c1)[C@H](c1ccc(Br)cc1)[C@@]1(O3)C(=O)N(c2ccccc2)N=C1C. The second-order valence-electron chi connectivity index (χ2n) is 8.45. The Morgan fingerprint density at radius 1 is 1.03 bits per heavy atom. The van der Waals surface area contributed by atoms with Crippen molar-refractivity contribution in [1.82, 2.24) is 0 Å². The lowest BCUT2D eigenvalue weighted by molar-refractivity contribution is -0.127. The third-order valence-corrected chi connectivity index (χ3v) is 7.09. The normalized spacial score (nSPS) is 20.8. The van der Waals surface area contributed by atoms with Crippen molar-refractivity contribution in [2.45, 2.75) is 18.4 Å². The van der Waals surface area contributed by atoms with Crippen LogP contribution in [0.2, 0.25) is 0 Å². The number of halogens is 1. The van der Waals surface area contributed by atoms with Crippen molar-refractivity contribution in [3.8, 4) is 11.5 Å². The summed E-state index contributed by atoms with van der Waals surface area (Å²) in [4.78, 5) is 27.6. The molecule has 3 aromatic carbocycles. The lowest BCUT2D eigenvalue weighted by Crippen LogP contribution is -2.53. The zero-order valence-corrected chi connectivity index (χ0v) is 20.4. The first-order valence-electron chi connectivity index (χ1n) is 11.0. The van der Waals surface area contributed by atoms with E-state index in [-0.39, 0.29) is 5.91 Å². The third kappa shape index (κ3) is 3.06. The second-order valence-corrected chi connectivity index (χ2v) is 9.37. The van der Waals surface area contributed by atoms with E-state index in [4.69, 9.17) is 13.9 Å². The van der Waals surface area contributed by atoms with Crippen LogP contribution in [-0.2, 0) is 4.79 Å². The van der Waals surface area contributed by atoms with E-state index in [2.05, 4.69) is 21.0 Å². The van der Waals surface area contributed by atoms with Crippen LogP contribution in [0.3, 0.4) is 0 Å². The molecule has 2 aliphatic rings. The molecular weight excluding hydrogens is 512 g/mol. The van der Waals surface area contributed by atoms with Crippen LogP contribution in [0, 0.1) is 0 Å². The Labute approximate surface area is 208 Å². The molecule has 1 spiro atoms. The number of amides is 1. The molecule has 0 bridgehead atoms. The number of nitrogens with zero attached hydrogens (tertiary/aromatic N) is 2. The number of methoxy groups -OCH3 is 1. The molecule has 7 nitrogen and oxygen atoms in total. The number of anilines is 1. The number of carbonyl (C=O) groups excluding carboxylic acids is 1. The maximum absolute atomic E-state index is 14.1. The van der Waals surface area contributed by atoms with Crippen molar-refractivity contribution < 1.29 is 18.7 Å². The summed E-state index contributed by atoms with van der Waals surface area (Å²) in [5.41, 5.74) is 0.326. The third-order valence-electron chi connectivity index (χ3n) is 6.56. The van der Waals surface area contributed by atoms with Gasteiger partial charge < -0.3 is 13.9 Å². The molecule has 0 N–H and O–H groups in total. The summed E-state index contributed by atoms with van der Waals surface area (Å²) in [5, 5.41) is 6.53. The van der Waals surface area contributed by atoms with Crippen LogP contribution in [0.25, 0.3) is 11.0 Å². The standard InChI is InChI=1S/C27H19BrN2O5/c1-15-27(26(32)30(29-15)18-6-4-3-5-7-18)23(16-8-10-17(28)11-9-16)22-24(35-27)20-13-12-19(33-2)14-21(20)34-25(22)31/h3-14,23H,1-2H3/t23-,27+/m0/s1. The molecule has 0 fully saturated rings. The average Bonchev–Trinajstić information content (AvgIpc) is 3.36. The first-order chi connectivity index (χ1) is 16.9. The summed E-state index contributed by atoms with van der Waals surface area (Å²) in [6.45, 7) is 1.76. The van der Waals surface area contributed by atoms with Crippen LogP contribution in [0.15, 0.2) is 91.6 Å². The summed E-state index contributed by atoms with van der Waals surface area (Å²) in [6.07, 6.45) is 0. The van der Waals surface area contributed by atoms with Crippen molar-refractivity contribution in [3.05, 3.63) is 98.8 Å². The molecule has 4 aromatic rings. The van der Waals surface area contributed by atoms with E-state index in [0.717, 1.165) is 10.0 Å². The molecule has 8 heteroatoms. The van der Waals surface area contributed by atoms with Gasteiger partial charge in [-0.25, -0.2) is 4.79 Å². The number of rotatable bonds is 3. The minimum Gasteiger partial charge on any atom is -0.497 e. The highest BCUT2D eigenvalue weighted by molar-refractivity contribution is 9.10. The number of hydrogen-bond donors (Lipinski definition) is 0. The van der Waals surface area contributed by atoms with Crippen LogP contribution in [0.1, 0.15) is 24.0 Å². The summed E-state index contributed by atoms with van der Waals surface area (Å²) in [6, 6.07) is 21.8. The van der Waals surface area contributed by atoms with Crippen LogP contribution < -0.4 is 20.1 Å². The van der Waals surface area contributed by atoms with E-state index in [1.807, 2.05) is 42.5 Å². The van der Waals surface area contributed by atoms with Crippen LogP contribution in [0.4, 0.5) is 5.69 Å². The Bertz CT molecular complexity index is 1580. The molecule has 1 aromatic heterocycles. The molecule has 0 aliphatic carbocycles. The Hall–Kier alpha value is -3.91. The highest BCUT2D eigenvalue weighted by Gasteiger charge is 2.63. The molecular formula is C27H19BrN2O5. The number of hydrogen-bond acceptors (Lipinski definition) is 6. The van der Waals surface area contributed by atoms with Crippen molar-refractivity contribution in [1.29, 1.82) is 0 Å². The number of carbonyl (C=O) groups is 1. The van der Waals surface area contributed by atoms with Crippen LogP contribution >= 0.6 is 15.9 Å². The Kier molecular flexibility index (Phi) is 4.82.